The second-order valence-corrected chi connectivity index (χ2v) is 3.68. The van der Waals surface area contributed by atoms with Gasteiger partial charge in [0.05, 0.1) is 5.56 Å². The van der Waals surface area contributed by atoms with E-state index >= 15 is 0 Å². The summed E-state index contributed by atoms with van der Waals surface area (Å²) in [5, 5.41) is 0. The zero-order valence-corrected chi connectivity index (χ0v) is 8.47. The van der Waals surface area contributed by atoms with Crippen molar-refractivity contribution < 1.29 is 17.6 Å². The lowest BCUT2D eigenvalue weighted by molar-refractivity contribution is -0.140. The monoisotopic (exact) mass is 274 g/mol. The molecule has 0 radical (unpaired) electrons. The van der Waals surface area contributed by atoms with E-state index in [0.717, 1.165) is 6.07 Å². The molecule has 0 atom stereocenters. The zero-order valence-electron chi connectivity index (χ0n) is 5.99. The Morgan fingerprint density at radius 3 is 2.23 bits per heavy atom. The van der Waals surface area contributed by atoms with Gasteiger partial charge in [0, 0.05) is 9.37 Å². The maximum atomic E-state index is 12.9. The molecule has 1 aromatic carbocycles. The average Bonchev–Trinajstić information content (AvgIpc) is 1.94. The van der Waals surface area contributed by atoms with Crippen LogP contribution in [0.5, 0.6) is 0 Å². The zero-order chi connectivity index (χ0) is 10.2. The Bertz CT molecular complexity index is 334. The number of alkyl halides is 3. The summed E-state index contributed by atoms with van der Waals surface area (Å²) in [6.07, 6.45) is -4.69. The van der Waals surface area contributed by atoms with E-state index in [-0.39, 0.29) is 9.37 Å². The van der Waals surface area contributed by atoms with Gasteiger partial charge in [0.25, 0.3) is 0 Å². The predicted molar refractivity (Wildman–Crippen MR) is 46.4 cm³/mol. The van der Waals surface area contributed by atoms with Crippen LogP contribution < -0.4 is 0 Å². The SMILES string of the molecule is Fc1c(S)cc(Br)cc1C(F)(F)F. The molecule has 6 heteroatoms. The van der Waals surface area contributed by atoms with Gasteiger partial charge in [0.1, 0.15) is 5.82 Å². The first-order valence-electron chi connectivity index (χ1n) is 3.07. The number of halogens is 5. The lowest BCUT2D eigenvalue weighted by atomic mass is 10.2. The van der Waals surface area contributed by atoms with Crippen molar-refractivity contribution in [3.8, 4) is 0 Å². The van der Waals surface area contributed by atoms with Crippen molar-refractivity contribution in [1.82, 2.24) is 0 Å². The summed E-state index contributed by atoms with van der Waals surface area (Å²) in [5.74, 6) is -1.35. The minimum Gasteiger partial charge on any atom is -0.205 e. The minimum atomic E-state index is -4.69. The summed E-state index contributed by atoms with van der Waals surface area (Å²) in [5.41, 5.74) is -1.31. The third-order valence-corrected chi connectivity index (χ3v) is 2.11. The van der Waals surface area contributed by atoms with Gasteiger partial charge in [-0.3, -0.25) is 0 Å². The van der Waals surface area contributed by atoms with Crippen LogP contribution in [0.4, 0.5) is 17.6 Å². The molecule has 0 aliphatic carbocycles. The van der Waals surface area contributed by atoms with Gasteiger partial charge >= 0.3 is 6.18 Å². The molecular formula is C7H3BrF4S. The van der Waals surface area contributed by atoms with Crippen LogP contribution in [0.15, 0.2) is 21.5 Å². The highest BCUT2D eigenvalue weighted by atomic mass is 79.9. The van der Waals surface area contributed by atoms with E-state index < -0.39 is 17.6 Å². The first-order chi connectivity index (χ1) is 5.82. The Hall–Kier alpha value is -0.230. The third kappa shape index (κ3) is 2.37. The summed E-state index contributed by atoms with van der Waals surface area (Å²) in [6.45, 7) is 0. The third-order valence-electron chi connectivity index (χ3n) is 1.32. The second-order valence-electron chi connectivity index (χ2n) is 2.28. The molecular weight excluding hydrogens is 272 g/mol. The number of hydrogen-bond donors (Lipinski definition) is 1. The molecule has 0 spiro atoms. The van der Waals surface area contributed by atoms with Crippen LogP contribution in [0, 0.1) is 5.82 Å². The quantitative estimate of drug-likeness (QED) is 0.539. The van der Waals surface area contributed by atoms with Gasteiger partial charge < -0.3 is 0 Å². The summed E-state index contributed by atoms with van der Waals surface area (Å²) >= 11 is 6.39. The van der Waals surface area contributed by atoms with Crippen molar-refractivity contribution >= 4 is 28.6 Å². The molecule has 0 aliphatic heterocycles. The molecule has 0 bridgehead atoms. The molecule has 0 N–H and O–H groups in total. The topological polar surface area (TPSA) is 0 Å². The fourth-order valence-corrected chi connectivity index (χ4v) is 1.68. The minimum absolute atomic E-state index is 0.145. The van der Waals surface area contributed by atoms with E-state index in [2.05, 4.69) is 28.6 Å². The molecule has 0 saturated carbocycles. The van der Waals surface area contributed by atoms with E-state index in [4.69, 9.17) is 0 Å². The molecule has 0 unspecified atom stereocenters. The lowest BCUT2D eigenvalue weighted by Crippen LogP contribution is -2.08. The Morgan fingerprint density at radius 1 is 1.23 bits per heavy atom. The van der Waals surface area contributed by atoms with Gasteiger partial charge in [-0.05, 0) is 12.1 Å². The molecule has 0 amide bonds. The smallest absolute Gasteiger partial charge is 0.205 e. The van der Waals surface area contributed by atoms with Crippen molar-refractivity contribution in [1.29, 1.82) is 0 Å². The van der Waals surface area contributed by atoms with Crippen LogP contribution in [-0.4, -0.2) is 0 Å². The normalized spacial score (nSPS) is 11.8. The molecule has 0 aromatic heterocycles. The molecule has 1 rings (SSSR count). The summed E-state index contributed by atoms with van der Waals surface area (Å²) in [6, 6.07) is 1.84. The molecule has 13 heavy (non-hydrogen) atoms. The van der Waals surface area contributed by atoms with E-state index in [1.165, 1.54) is 0 Å². The van der Waals surface area contributed by atoms with Crippen LogP contribution in [-0.2, 0) is 6.18 Å². The molecule has 0 nitrogen and oxygen atoms in total. The lowest BCUT2D eigenvalue weighted by Gasteiger charge is -2.09. The first-order valence-corrected chi connectivity index (χ1v) is 4.31. The van der Waals surface area contributed by atoms with Gasteiger partial charge in [0.15, 0.2) is 0 Å². The van der Waals surface area contributed by atoms with E-state index in [1.54, 1.807) is 0 Å². The molecule has 1 aromatic rings. The van der Waals surface area contributed by atoms with Crippen molar-refractivity contribution in [3.05, 3.63) is 28.0 Å². The van der Waals surface area contributed by atoms with Gasteiger partial charge in [0.2, 0.25) is 0 Å². The van der Waals surface area contributed by atoms with E-state index in [1.807, 2.05) is 0 Å². The Morgan fingerprint density at radius 2 is 1.77 bits per heavy atom. The summed E-state index contributed by atoms with van der Waals surface area (Å²) in [7, 11) is 0. The van der Waals surface area contributed by atoms with Gasteiger partial charge in [-0.25, -0.2) is 4.39 Å². The maximum Gasteiger partial charge on any atom is 0.419 e. The maximum absolute atomic E-state index is 12.9. The van der Waals surface area contributed by atoms with Crippen molar-refractivity contribution in [2.45, 2.75) is 11.1 Å². The molecule has 0 heterocycles. The number of benzene rings is 1. The van der Waals surface area contributed by atoms with Crippen LogP contribution in [0.25, 0.3) is 0 Å². The molecule has 0 fully saturated rings. The predicted octanol–water partition coefficient (Wildman–Crippen LogP) is 3.90. The standard InChI is InChI=1S/C7H3BrF4S/c8-3-1-4(7(10,11)12)6(9)5(13)2-3/h1-2,13H. The van der Waals surface area contributed by atoms with Crippen LogP contribution in [0.1, 0.15) is 5.56 Å². The Kier molecular flexibility index (Phi) is 2.91. The highest BCUT2D eigenvalue weighted by molar-refractivity contribution is 9.10. The van der Waals surface area contributed by atoms with E-state index in [9.17, 15) is 17.6 Å². The fourth-order valence-electron chi connectivity index (χ4n) is 0.781. The fraction of sp³-hybridized carbons (Fsp3) is 0.143. The van der Waals surface area contributed by atoms with Crippen molar-refractivity contribution in [3.63, 3.8) is 0 Å². The average molecular weight is 275 g/mol. The van der Waals surface area contributed by atoms with Gasteiger partial charge in [-0.15, -0.1) is 12.6 Å². The number of thiol groups is 1. The number of rotatable bonds is 0. The van der Waals surface area contributed by atoms with E-state index in [0.29, 0.717) is 6.07 Å². The largest absolute Gasteiger partial charge is 0.419 e. The van der Waals surface area contributed by atoms with Gasteiger partial charge in [-0.1, -0.05) is 15.9 Å². The van der Waals surface area contributed by atoms with Crippen LogP contribution >= 0.6 is 28.6 Å². The van der Waals surface area contributed by atoms with Crippen molar-refractivity contribution in [2.75, 3.05) is 0 Å². The highest BCUT2D eigenvalue weighted by Crippen LogP contribution is 2.35. The molecule has 0 aliphatic rings. The highest BCUT2D eigenvalue weighted by Gasteiger charge is 2.35. The molecule has 0 saturated heterocycles. The number of hydrogen-bond acceptors (Lipinski definition) is 1. The Labute approximate surface area is 85.5 Å². The summed E-state index contributed by atoms with van der Waals surface area (Å²) in [4.78, 5) is -0.332. The van der Waals surface area contributed by atoms with Crippen LogP contribution in [0.3, 0.4) is 0 Å². The Balaban J connectivity index is 3.37. The van der Waals surface area contributed by atoms with Crippen molar-refractivity contribution in [2.24, 2.45) is 0 Å². The van der Waals surface area contributed by atoms with Gasteiger partial charge in [-0.2, -0.15) is 13.2 Å². The van der Waals surface area contributed by atoms with Crippen LogP contribution in [0.2, 0.25) is 0 Å². The first kappa shape index (κ1) is 10.8. The molecule has 72 valence electrons. The summed E-state index contributed by atoms with van der Waals surface area (Å²) < 4.78 is 49.3. The second kappa shape index (κ2) is 3.49.